The topological polar surface area (TPSA) is 26.3 Å². The van der Waals surface area contributed by atoms with E-state index in [2.05, 4.69) is 25.1 Å². The van der Waals surface area contributed by atoms with Gasteiger partial charge in [0.05, 0.1) is 5.56 Å². The summed E-state index contributed by atoms with van der Waals surface area (Å²) in [5.74, 6) is -0.198. The van der Waals surface area contributed by atoms with Crippen LogP contribution in [-0.2, 0) is 16.8 Å². The minimum absolute atomic E-state index is 0.198. The van der Waals surface area contributed by atoms with Crippen LogP contribution in [0.1, 0.15) is 39.5 Å². The molecule has 2 nitrogen and oxygen atoms in total. The van der Waals surface area contributed by atoms with Crippen LogP contribution in [0, 0.1) is 13.8 Å². The number of aryl methyl sites for hydroxylation is 2. The van der Waals surface area contributed by atoms with E-state index < -0.39 is 5.60 Å². The van der Waals surface area contributed by atoms with Crippen LogP contribution < -0.4 is 0 Å². The fourth-order valence-corrected chi connectivity index (χ4v) is 3.08. The molecule has 20 heavy (non-hydrogen) atoms. The van der Waals surface area contributed by atoms with Crippen LogP contribution in [0.2, 0.25) is 0 Å². The van der Waals surface area contributed by atoms with E-state index >= 15 is 0 Å². The lowest BCUT2D eigenvalue weighted by Gasteiger charge is -2.24. The van der Waals surface area contributed by atoms with Crippen molar-refractivity contribution >= 4 is 5.97 Å². The van der Waals surface area contributed by atoms with Crippen LogP contribution in [0.15, 0.2) is 42.5 Å². The lowest BCUT2D eigenvalue weighted by molar-refractivity contribution is 0.00115. The summed E-state index contributed by atoms with van der Waals surface area (Å²) < 4.78 is 5.72. The highest BCUT2D eigenvalue weighted by atomic mass is 16.6. The Morgan fingerprint density at radius 3 is 2.50 bits per heavy atom. The number of fused-ring (bicyclic) bond motifs is 1. The van der Waals surface area contributed by atoms with E-state index in [0.717, 1.165) is 16.7 Å². The standard InChI is InChI=1S/C18H18O2/c1-12-9-13(2)16-15(10-12)18(3,20-17(16)19)11-14-7-5-4-6-8-14/h4-10H,11H2,1-3H3. The van der Waals surface area contributed by atoms with Crippen molar-refractivity contribution in [2.75, 3.05) is 0 Å². The van der Waals surface area contributed by atoms with Crippen molar-refractivity contribution in [2.24, 2.45) is 0 Å². The van der Waals surface area contributed by atoms with Crippen molar-refractivity contribution in [3.63, 3.8) is 0 Å². The van der Waals surface area contributed by atoms with E-state index in [1.807, 2.05) is 38.1 Å². The largest absolute Gasteiger partial charge is 0.450 e. The highest BCUT2D eigenvalue weighted by molar-refractivity contribution is 5.96. The number of cyclic esters (lactones) is 1. The Morgan fingerprint density at radius 1 is 1.10 bits per heavy atom. The Kier molecular flexibility index (Phi) is 2.89. The third-order valence-corrected chi connectivity index (χ3v) is 3.96. The molecule has 0 aliphatic carbocycles. The molecule has 0 saturated carbocycles. The van der Waals surface area contributed by atoms with Gasteiger partial charge in [0.2, 0.25) is 0 Å². The zero-order chi connectivity index (χ0) is 14.3. The number of benzene rings is 2. The maximum Gasteiger partial charge on any atom is 0.339 e. The molecule has 2 aromatic carbocycles. The van der Waals surface area contributed by atoms with Gasteiger partial charge in [-0.2, -0.15) is 0 Å². The first-order chi connectivity index (χ1) is 9.49. The van der Waals surface area contributed by atoms with E-state index in [4.69, 9.17) is 4.74 Å². The van der Waals surface area contributed by atoms with Gasteiger partial charge in [-0.15, -0.1) is 0 Å². The second kappa shape index (κ2) is 4.48. The average molecular weight is 266 g/mol. The first kappa shape index (κ1) is 12.9. The molecule has 1 unspecified atom stereocenters. The van der Waals surface area contributed by atoms with Crippen LogP contribution in [0.5, 0.6) is 0 Å². The highest BCUT2D eigenvalue weighted by Gasteiger charge is 2.42. The monoisotopic (exact) mass is 266 g/mol. The molecule has 0 saturated heterocycles. The molecule has 1 heterocycles. The van der Waals surface area contributed by atoms with Gasteiger partial charge in [0.15, 0.2) is 0 Å². The van der Waals surface area contributed by atoms with E-state index in [0.29, 0.717) is 6.42 Å². The van der Waals surface area contributed by atoms with Crippen molar-refractivity contribution in [1.82, 2.24) is 0 Å². The zero-order valence-electron chi connectivity index (χ0n) is 12.1. The lowest BCUT2D eigenvalue weighted by Crippen LogP contribution is -2.25. The van der Waals surface area contributed by atoms with Crippen molar-refractivity contribution in [2.45, 2.75) is 32.8 Å². The van der Waals surface area contributed by atoms with Crippen molar-refractivity contribution in [3.8, 4) is 0 Å². The fraction of sp³-hybridized carbons (Fsp3) is 0.278. The maximum atomic E-state index is 12.2. The summed E-state index contributed by atoms with van der Waals surface area (Å²) in [6, 6.07) is 14.3. The average Bonchev–Trinajstić information content (AvgIpc) is 2.62. The molecule has 1 aliphatic heterocycles. The first-order valence-electron chi connectivity index (χ1n) is 6.88. The molecule has 1 atom stereocenters. The van der Waals surface area contributed by atoms with Crippen molar-refractivity contribution < 1.29 is 9.53 Å². The van der Waals surface area contributed by atoms with Crippen LogP contribution in [0.25, 0.3) is 0 Å². The summed E-state index contributed by atoms with van der Waals surface area (Å²) in [6.45, 7) is 6.03. The van der Waals surface area contributed by atoms with Crippen molar-refractivity contribution in [1.29, 1.82) is 0 Å². The molecule has 1 aliphatic rings. The minimum atomic E-state index is -0.565. The van der Waals surface area contributed by atoms with Gasteiger partial charge in [-0.05, 0) is 31.9 Å². The molecule has 2 heteroatoms. The zero-order valence-corrected chi connectivity index (χ0v) is 12.1. The number of carbonyl (C=O) groups excluding carboxylic acids is 1. The van der Waals surface area contributed by atoms with Crippen molar-refractivity contribution in [3.05, 3.63) is 70.3 Å². The van der Waals surface area contributed by atoms with Crippen LogP contribution in [-0.4, -0.2) is 5.97 Å². The fourth-order valence-electron chi connectivity index (χ4n) is 3.08. The summed E-state index contributed by atoms with van der Waals surface area (Å²) in [5.41, 5.74) is 4.54. The number of ether oxygens (including phenoxy) is 1. The third kappa shape index (κ3) is 2.01. The third-order valence-electron chi connectivity index (χ3n) is 3.96. The number of esters is 1. The number of hydrogen-bond donors (Lipinski definition) is 0. The molecule has 0 radical (unpaired) electrons. The number of carbonyl (C=O) groups is 1. The number of rotatable bonds is 2. The SMILES string of the molecule is Cc1cc(C)c2c(c1)C(C)(Cc1ccccc1)OC2=O. The summed E-state index contributed by atoms with van der Waals surface area (Å²) in [6.07, 6.45) is 0.704. The van der Waals surface area contributed by atoms with Gasteiger partial charge < -0.3 is 4.74 Å². The Labute approximate surface area is 119 Å². The Bertz CT molecular complexity index is 673. The van der Waals surface area contributed by atoms with E-state index in [9.17, 15) is 4.79 Å². The number of hydrogen-bond acceptors (Lipinski definition) is 2. The Morgan fingerprint density at radius 2 is 1.80 bits per heavy atom. The molecule has 0 amide bonds. The molecule has 0 spiro atoms. The summed E-state index contributed by atoms with van der Waals surface area (Å²) in [4.78, 5) is 12.2. The van der Waals surface area contributed by atoms with Gasteiger partial charge in [0.1, 0.15) is 5.60 Å². The molecular weight excluding hydrogens is 248 g/mol. The second-order valence-corrected chi connectivity index (χ2v) is 5.79. The van der Waals surface area contributed by atoms with Gasteiger partial charge in [-0.25, -0.2) is 4.79 Å². The van der Waals surface area contributed by atoms with Gasteiger partial charge in [0.25, 0.3) is 0 Å². The molecule has 2 aromatic rings. The quantitative estimate of drug-likeness (QED) is 0.770. The Hall–Kier alpha value is -2.09. The molecule has 0 bridgehead atoms. The van der Waals surface area contributed by atoms with E-state index in [-0.39, 0.29) is 5.97 Å². The van der Waals surface area contributed by atoms with Gasteiger partial charge in [-0.3, -0.25) is 0 Å². The predicted octanol–water partition coefficient (Wildman–Crippen LogP) is 3.93. The van der Waals surface area contributed by atoms with Gasteiger partial charge >= 0.3 is 5.97 Å². The normalized spacial score (nSPS) is 20.6. The summed E-state index contributed by atoms with van der Waals surface area (Å²) >= 11 is 0. The molecular formula is C18H18O2. The first-order valence-corrected chi connectivity index (χ1v) is 6.88. The molecule has 0 N–H and O–H groups in total. The molecule has 0 fully saturated rings. The predicted molar refractivity (Wildman–Crippen MR) is 78.8 cm³/mol. The summed E-state index contributed by atoms with van der Waals surface area (Å²) in [7, 11) is 0. The Balaban J connectivity index is 2.08. The van der Waals surface area contributed by atoms with Crippen LogP contribution in [0.3, 0.4) is 0 Å². The highest BCUT2D eigenvalue weighted by Crippen LogP contribution is 2.40. The minimum Gasteiger partial charge on any atom is -0.450 e. The van der Waals surface area contributed by atoms with E-state index in [1.54, 1.807) is 0 Å². The van der Waals surface area contributed by atoms with Crippen LogP contribution >= 0.6 is 0 Å². The second-order valence-electron chi connectivity index (χ2n) is 5.79. The smallest absolute Gasteiger partial charge is 0.339 e. The lowest BCUT2D eigenvalue weighted by atomic mass is 9.86. The van der Waals surface area contributed by atoms with E-state index in [1.165, 1.54) is 11.1 Å². The molecule has 3 rings (SSSR count). The van der Waals surface area contributed by atoms with Gasteiger partial charge in [-0.1, -0.05) is 48.0 Å². The molecule has 0 aromatic heterocycles. The molecule has 102 valence electrons. The van der Waals surface area contributed by atoms with Crippen LogP contribution in [0.4, 0.5) is 0 Å². The maximum absolute atomic E-state index is 12.2. The summed E-state index contributed by atoms with van der Waals surface area (Å²) in [5, 5.41) is 0. The van der Waals surface area contributed by atoms with Gasteiger partial charge in [0, 0.05) is 12.0 Å².